The van der Waals surface area contributed by atoms with E-state index in [1.807, 2.05) is 5.38 Å². The maximum Gasteiger partial charge on any atom is 0.339 e. The van der Waals surface area contributed by atoms with Crippen LogP contribution in [-0.4, -0.2) is 29.2 Å². The highest BCUT2D eigenvalue weighted by molar-refractivity contribution is 7.13. The number of aromatic carboxylic acids is 1. The summed E-state index contributed by atoms with van der Waals surface area (Å²) >= 11 is 1.51. The fourth-order valence-electron chi connectivity index (χ4n) is 1.40. The zero-order chi connectivity index (χ0) is 12.8. The second-order valence-electron chi connectivity index (χ2n) is 3.41. The van der Waals surface area contributed by atoms with Gasteiger partial charge in [-0.2, -0.15) is 0 Å². The molecule has 0 saturated carbocycles. The average molecular weight is 301 g/mol. The van der Waals surface area contributed by atoms with Crippen LogP contribution in [0.4, 0.5) is 5.13 Å². The number of hydrogen-bond acceptors (Lipinski definition) is 5. The summed E-state index contributed by atoms with van der Waals surface area (Å²) in [5.41, 5.74) is 0.173. The number of anilines is 1. The van der Waals surface area contributed by atoms with E-state index in [9.17, 15) is 4.79 Å². The highest BCUT2D eigenvalue weighted by Gasteiger charge is 2.09. The van der Waals surface area contributed by atoms with Crippen molar-refractivity contribution in [3.05, 3.63) is 41.4 Å². The number of benzene rings is 1. The number of halogens is 1. The third-order valence-corrected chi connectivity index (χ3v) is 2.92. The largest absolute Gasteiger partial charge is 0.491 e. The minimum atomic E-state index is -0.988. The Labute approximate surface area is 120 Å². The fraction of sp³-hybridized carbons (Fsp3) is 0.167. The summed E-state index contributed by atoms with van der Waals surface area (Å²) in [6.45, 7) is 0.950. The van der Waals surface area contributed by atoms with Crippen molar-refractivity contribution in [2.45, 2.75) is 0 Å². The summed E-state index contributed by atoms with van der Waals surface area (Å²) in [6, 6.07) is 6.58. The number of carboxylic acids is 1. The van der Waals surface area contributed by atoms with Gasteiger partial charge in [0.25, 0.3) is 0 Å². The van der Waals surface area contributed by atoms with Crippen LogP contribution in [0.5, 0.6) is 5.75 Å². The van der Waals surface area contributed by atoms with E-state index in [0.29, 0.717) is 18.9 Å². The van der Waals surface area contributed by atoms with E-state index in [-0.39, 0.29) is 18.0 Å². The van der Waals surface area contributed by atoms with Crippen molar-refractivity contribution in [2.75, 3.05) is 18.5 Å². The first-order chi connectivity index (χ1) is 8.77. The molecular formula is C12H13ClN2O3S. The maximum absolute atomic E-state index is 10.9. The van der Waals surface area contributed by atoms with Crippen LogP contribution < -0.4 is 10.1 Å². The van der Waals surface area contributed by atoms with Gasteiger partial charge in [-0.15, -0.1) is 23.7 Å². The number of nitrogens with one attached hydrogen (secondary N) is 1. The third-order valence-electron chi connectivity index (χ3n) is 2.19. The number of ether oxygens (including phenoxy) is 1. The van der Waals surface area contributed by atoms with E-state index in [2.05, 4.69) is 10.3 Å². The molecule has 5 nitrogen and oxygen atoms in total. The average Bonchev–Trinajstić information content (AvgIpc) is 2.88. The minimum Gasteiger partial charge on any atom is -0.491 e. The Bertz CT molecular complexity index is 519. The Hall–Kier alpha value is -1.79. The Balaban J connectivity index is 0.00000180. The molecule has 1 aromatic carbocycles. The van der Waals surface area contributed by atoms with E-state index in [4.69, 9.17) is 9.84 Å². The predicted molar refractivity (Wildman–Crippen MR) is 76.7 cm³/mol. The molecule has 0 bridgehead atoms. The molecule has 0 radical (unpaired) electrons. The van der Waals surface area contributed by atoms with Crippen LogP contribution in [0.3, 0.4) is 0 Å². The summed E-state index contributed by atoms with van der Waals surface area (Å²) in [5.74, 6) is -0.607. The van der Waals surface area contributed by atoms with E-state index >= 15 is 0 Å². The van der Waals surface area contributed by atoms with Gasteiger partial charge in [0.1, 0.15) is 17.9 Å². The lowest BCUT2D eigenvalue weighted by atomic mass is 10.2. The molecule has 102 valence electrons. The van der Waals surface area contributed by atoms with Crippen LogP contribution in [0.2, 0.25) is 0 Å². The number of aromatic nitrogens is 1. The molecule has 0 unspecified atom stereocenters. The lowest BCUT2D eigenvalue weighted by Crippen LogP contribution is -2.12. The van der Waals surface area contributed by atoms with Gasteiger partial charge in [-0.05, 0) is 12.1 Å². The normalized spacial score (nSPS) is 9.47. The first-order valence-electron chi connectivity index (χ1n) is 5.36. The number of para-hydroxylation sites is 1. The molecular weight excluding hydrogens is 288 g/mol. The third kappa shape index (κ3) is 4.42. The van der Waals surface area contributed by atoms with Gasteiger partial charge < -0.3 is 15.2 Å². The van der Waals surface area contributed by atoms with Crippen LogP contribution >= 0.6 is 23.7 Å². The summed E-state index contributed by atoms with van der Waals surface area (Å²) in [6.07, 6.45) is 1.72. The zero-order valence-electron chi connectivity index (χ0n) is 9.91. The smallest absolute Gasteiger partial charge is 0.339 e. The highest BCUT2D eigenvalue weighted by atomic mass is 35.5. The first kappa shape index (κ1) is 15.3. The van der Waals surface area contributed by atoms with Crippen molar-refractivity contribution in [3.8, 4) is 5.75 Å². The van der Waals surface area contributed by atoms with Gasteiger partial charge in [0.15, 0.2) is 5.13 Å². The number of hydrogen-bond donors (Lipinski definition) is 2. The summed E-state index contributed by atoms with van der Waals surface area (Å²) in [5, 5.41) is 14.7. The van der Waals surface area contributed by atoms with Crippen molar-refractivity contribution in [3.63, 3.8) is 0 Å². The van der Waals surface area contributed by atoms with Crippen LogP contribution in [-0.2, 0) is 0 Å². The Morgan fingerprint density at radius 3 is 2.89 bits per heavy atom. The van der Waals surface area contributed by atoms with Crippen molar-refractivity contribution in [1.82, 2.24) is 4.98 Å². The van der Waals surface area contributed by atoms with Crippen molar-refractivity contribution < 1.29 is 14.6 Å². The molecule has 0 aliphatic rings. The Morgan fingerprint density at radius 2 is 2.21 bits per heavy atom. The molecule has 0 spiro atoms. The molecule has 0 aliphatic carbocycles. The first-order valence-corrected chi connectivity index (χ1v) is 6.24. The van der Waals surface area contributed by atoms with Crippen LogP contribution in [0.25, 0.3) is 0 Å². The molecule has 0 fully saturated rings. The summed E-state index contributed by atoms with van der Waals surface area (Å²) in [7, 11) is 0. The Kier molecular flexibility index (Phi) is 6.11. The second kappa shape index (κ2) is 7.60. The van der Waals surface area contributed by atoms with Crippen molar-refractivity contribution in [1.29, 1.82) is 0 Å². The van der Waals surface area contributed by atoms with Gasteiger partial charge in [0.05, 0.1) is 6.54 Å². The topological polar surface area (TPSA) is 71.5 Å². The van der Waals surface area contributed by atoms with Gasteiger partial charge in [-0.1, -0.05) is 12.1 Å². The predicted octanol–water partition coefficient (Wildman–Crippen LogP) is 2.75. The molecule has 2 N–H and O–H groups in total. The number of nitrogens with zero attached hydrogens (tertiary/aromatic N) is 1. The molecule has 0 aliphatic heterocycles. The lowest BCUT2D eigenvalue weighted by Gasteiger charge is -2.09. The summed E-state index contributed by atoms with van der Waals surface area (Å²) < 4.78 is 5.43. The number of carbonyl (C=O) groups is 1. The zero-order valence-corrected chi connectivity index (χ0v) is 11.5. The van der Waals surface area contributed by atoms with Crippen molar-refractivity contribution >= 4 is 34.8 Å². The van der Waals surface area contributed by atoms with E-state index in [1.54, 1.807) is 24.4 Å². The van der Waals surface area contributed by atoms with E-state index < -0.39 is 5.97 Å². The molecule has 2 rings (SSSR count). The van der Waals surface area contributed by atoms with Gasteiger partial charge in [0, 0.05) is 11.6 Å². The van der Waals surface area contributed by atoms with Crippen LogP contribution in [0.1, 0.15) is 10.4 Å². The molecule has 0 atom stereocenters. The molecule has 0 amide bonds. The second-order valence-corrected chi connectivity index (χ2v) is 4.31. The van der Waals surface area contributed by atoms with Gasteiger partial charge >= 0.3 is 5.97 Å². The van der Waals surface area contributed by atoms with E-state index in [0.717, 1.165) is 5.13 Å². The summed E-state index contributed by atoms with van der Waals surface area (Å²) in [4.78, 5) is 15.0. The van der Waals surface area contributed by atoms with Crippen molar-refractivity contribution in [2.24, 2.45) is 0 Å². The quantitative estimate of drug-likeness (QED) is 0.803. The monoisotopic (exact) mass is 300 g/mol. The number of rotatable bonds is 6. The van der Waals surface area contributed by atoms with Crippen LogP contribution in [0, 0.1) is 0 Å². The number of carboxylic acid groups (broad SMARTS) is 1. The Morgan fingerprint density at radius 1 is 1.42 bits per heavy atom. The van der Waals surface area contributed by atoms with E-state index in [1.165, 1.54) is 17.4 Å². The highest BCUT2D eigenvalue weighted by Crippen LogP contribution is 2.17. The maximum atomic E-state index is 10.9. The SMILES string of the molecule is Cl.O=C(O)c1ccccc1OCCNc1nccs1. The minimum absolute atomic E-state index is 0. The molecule has 0 saturated heterocycles. The number of thiazole rings is 1. The van der Waals surface area contributed by atoms with Gasteiger partial charge in [0.2, 0.25) is 0 Å². The molecule has 19 heavy (non-hydrogen) atoms. The van der Waals surface area contributed by atoms with Gasteiger partial charge in [-0.25, -0.2) is 9.78 Å². The molecule has 1 aromatic heterocycles. The van der Waals surface area contributed by atoms with Gasteiger partial charge in [-0.3, -0.25) is 0 Å². The molecule has 7 heteroatoms. The standard InChI is InChI=1S/C12H12N2O3S.ClH/c15-11(16)9-3-1-2-4-10(9)17-7-5-13-12-14-6-8-18-12;/h1-4,6,8H,5,7H2,(H,13,14)(H,15,16);1H. The lowest BCUT2D eigenvalue weighted by molar-refractivity contribution is 0.0692. The van der Waals surface area contributed by atoms with Crippen LogP contribution in [0.15, 0.2) is 35.8 Å². The molecule has 2 aromatic rings. The fourth-order valence-corrected chi connectivity index (χ4v) is 1.96. The molecule has 1 heterocycles.